The Kier molecular flexibility index (Phi) is 6.48. The lowest BCUT2D eigenvalue weighted by atomic mass is 9.96. The van der Waals surface area contributed by atoms with Crippen LogP contribution in [0.1, 0.15) is 34.3 Å². The molecule has 0 aliphatic heterocycles. The molecular weight excluding hydrogens is 294 g/mol. The molecule has 6 nitrogen and oxygen atoms in total. The van der Waals surface area contributed by atoms with Gasteiger partial charge in [-0.3, -0.25) is 15.0 Å². The summed E-state index contributed by atoms with van der Waals surface area (Å²) in [6.07, 6.45) is 0. The minimum Gasteiger partial charge on any atom is -0.481 e. The van der Waals surface area contributed by atoms with Crippen LogP contribution in [-0.4, -0.2) is 22.8 Å². The molecule has 2 aromatic carbocycles. The first-order valence-corrected chi connectivity index (χ1v) is 6.85. The maximum atomic E-state index is 12.2. The fourth-order valence-corrected chi connectivity index (χ4v) is 1.85. The molecule has 6 heteroatoms. The van der Waals surface area contributed by atoms with Gasteiger partial charge in [-0.05, 0) is 18.6 Å². The van der Waals surface area contributed by atoms with E-state index in [0.717, 1.165) is 0 Å². The summed E-state index contributed by atoms with van der Waals surface area (Å²) < 4.78 is 0. The number of hydrogen-bond donors (Lipinski definition) is 4. The first-order valence-electron chi connectivity index (χ1n) is 6.85. The third kappa shape index (κ3) is 5.62. The van der Waals surface area contributed by atoms with Crippen LogP contribution < -0.4 is 11.5 Å². The zero-order valence-corrected chi connectivity index (χ0v) is 12.7. The van der Waals surface area contributed by atoms with E-state index >= 15 is 0 Å². The molecule has 23 heavy (non-hydrogen) atoms. The number of carbonyl (C=O) groups is 2. The number of benzene rings is 2. The van der Waals surface area contributed by atoms with Crippen LogP contribution in [0.25, 0.3) is 0 Å². The average Bonchev–Trinajstić information content (AvgIpc) is 2.53. The third-order valence-electron chi connectivity index (χ3n) is 3.06. The van der Waals surface area contributed by atoms with Gasteiger partial charge in [0.1, 0.15) is 0 Å². The number of carbonyl (C=O) groups excluding carboxylic acids is 1. The van der Waals surface area contributed by atoms with Crippen LogP contribution in [-0.2, 0) is 4.79 Å². The maximum Gasteiger partial charge on any atom is 0.310 e. The highest BCUT2D eigenvalue weighted by molar-refractivity contribution is 6.09. The van der Waals surface area contributed by atoms with Crippen molar-refractivity contribution in [3.8, 4) is 0 Å². The molecule has 0 bridgehead atoms. The topological polar surface area (TPSA) is 130 Å². The Morgan fingerprint density at radius 3 is 2.04 bits per heavy atom. The highest BCUT2D eigenvalue weighted by Gasteiger charge is 2.16. The minimum atomic E-state index is -0.899. The van der Waals surface area contributed by atoms with Gasteiger partial charge in [0.15, 0.2) is 11.7 Å². The van der Waals surface area contributed by atoms with Gasteiger partial charge < -0.3 is 16.6 Å². The average molecular weight is 313 g/mol. The van der Waals surface area contributed by atoms with Crippen LogP contribution >= 0.6 is 0 Å². The SMILES string of the molecule is CC(C(=O)O)c1cccc(C(=O)c2ccccc2)c1.N=C(N)N. The van der Waals surface area contributed by atoms with Gasteiger partial charge in [0.2, 0.25) is 0 Å². The number of aliphatic carboxylic acids is 1. The van der Waals surface area contributed by atoms with E-state index < -0.39 is 11.9 Å². The Hall–Kier alpha value is -3.15. The molecule has 1 unspecified atom stereocenters. The number of nitrogens with one attached hydrogen (secondary N) is 1. The predicted molar refractivity (Wildman–Crippen MR) is 88.5 cm³/mol. The van der Waals surface area contributed by atoms with Crippen molar-refractivity contribution in [1.29, 1.82) is 5.41 Å². The zero-order valence-electron chi connectivity index (χ0n) is 12.7. The van der Waals surface area contributed by atoms with Crippen LogP contribution in [0.2, 0.25) is 0 Å². The van der Waals surface area contributed by atoms with E-state index in [-0.39, 0.29) is 11.7 Å². The van der Waals surface area contributed by atoms with Crippen molar-refractivity contribution in [3.63, 3.8) is 0 Å². The highest BCUT2D eigenvalue weighted by Crippen LogP contribution is 2.18. The molecule has 6 N–H and O–H groups in total. The Morgan fingerprint density at radius 1 is 1.00 bits per heavy atom. The summed E-state index contributed by atoms with van der Waals surface area (Å²) in [5.41, 5.74) is 10.7. The van der Waals surface area contributed by atoms with E-state index in [4.69, 9.17) is 10.5 Å². The molecule has 0 saturated carbocycles. The van der Waals surface area contributed by atoms with Gasteiger partial charge in [0, 0.05) is 11.1 Å². The van der Waals surface area contributed by atoms with Crippen LogP contribution in [0.4, 0.5) is 0 Å². The van der Waals surface area contributed by atoms with Gasteiger partial charge in [-0.2, -0.15) is 0 Å². The van der Waals surface area contributed by atoms with Crippen LogP contribution in [0.3, 0.4) is 0 Å². The van der Waals surface area contributed by atoms with Crippen LogP contribution in [0.5, 0.6) is 0 Å². The molecule has 0 aromatic heterocycles. The molecule has 0 radical (unpaired) electrons. The fraction of sp³-hybridized carbons (Fsp3) is 0.118. The summed E-state index contributed by atoms with van der Waals surface area (Å²) in [6, 6.07) is 15.7. The second kappa shape index (κ2) is 8.33. The normalized spacial score (nSPS) is 10.8. The molecule has 0 heterocycles. The number of guanidine groups is 1. The molecule has 2 rings (SSSR count). The molecular formula is C17H19N3O3. The summed E-state index contributed by atoms with van der Waals surface area (Å²) in [5.74, 6) is -1.95. The quantitative estimate of drug-likeness (QED) is 0.389. The Labute approximate surface area is 134 Å². The van der Waals surface area contributed by atoms with Gasteiger partial charge in [-0.25, -0.2) is 0 Å². The number of nitrogens with two attached hydrogens (primary N) is 2. The Balaban J connectivity index is 0.000000593. The van der Waals surface area contributed by atoms with Crippen molar-refractivity contribution < 1.29 is 14.7 Å². The highest BCUT2D eigenvalue weighted by atomic mass is 16.4. The van der Waals surface area contributed by atoms with Crippen molar-refractivity contribution >= 4 is 17.7 Å². The predicted octanol–water partition coefficient (Wildman–Crippen LogP) is 1.94. The molecule has 1 atom stereocenters. The van der Waals surface area contributed by atoms with E-state index in [1.165, 1.54) is 0 Å². The molecule has 0 fully saturated rings. The van der Waals surface area contributed by atoms with Crippen molar-refractivity contribution in [2.24, 2.45) is 11.5 Å². The van der Waals surface area contributed by atoms with Gasteiger partial charge in [-0.1, -0.05) is 48.5 Å². The lowest BCUT2D eigenvalue weighted by Gasteiger charge is -2.08. The van der Waals surface area contributed by atoms with Crippen molar-refractivity contribution in [2.45, 2.75) is 12.8 Å². The largest absolute Gasteiger partial charge is 0.481 e. The number of hydrogen-bond acceptors (Lipinski definition) is 3. The summed E-state index contributed by atoms with van der Waals surface area (Å²) in [7, 11) is 0. The lowest BCUT2D eigenvalue weighted by Crippen LogP contribution is -2.20. The van der Waals surface area contributed by atoms with E-state index in [0.29, 0.717) is 16.7 Å². The van der Waals surface area contributed by atoms with Crippen molar-refractivity contribution in [1.82, 2.24) is 0 Å². The first kappa shape index (κ1) is 17.9. The van der Waals surface area contributed by atoms with E-state index in [1.54, 1.807) is 55.5 Å². The number of carboxylic acid groups (broad SMARTS) is 1. The zero-order chi connectivity index (χ0) is 17.4. The molecule has 0 aliphatic carbocycles. The molecule has 0 aliphatic rings. The summed E-state index contributed by atoms with van der Waals surface area (Å²) >= 11 is 0. The summed E-state index contributed by atoms with van der Waals surface area (Å²) in [4.78, 5) is 23.2. The van der Waals surface area contributed by atoms with Crippen LogP contribution in [0, 0.1) is 5.41 Å². The molecule has 0 spiro atoms. The van der Waals surface area contributed by atoms with Crippen molar-refractivity contribution in [3.05, 3.63) is 71.3 Å². The fourth-order valence-electron chi connectivity index (χ4n) is 1.85. The van der Waals surface area contributed by atoms with Gasteiger partial charge >= 0.3 is 5.97 Å². The van der Waals surface area contributed by atoms with E-state index in [1.807, 2.05) is 6.07 Å². The number of ketones is 1. The van der Waals surface area contributed by atoms with Gasteiger partial charge in [0.25, 0.3) is 0 Å². The van der Waals surface area contributed by atoms with Crippen LogP contribution in [0.15, 0.2) is 54.6 Å². The maximum absolute atomic E-state index is 12.2. The first-order chi connectivity index (χ1) is 10.8. The second-order valence-corrected chi connectivity index (χ2v) is 4.84. The monoisotopic (exact) mass is 313 g/mol. The molecule has 120 valence electrons. The number of rotatable bonds is 4. The Morgan fingerprint density at radius 2 is 1.52 bits per heavy atom. The van der Waals surface area contributed by atoms with Gasteiger partial charge in [0.05, 0.1) is 5.92 Å². The molecule has 0 amide bonds. The summed E-state index contributed by atoms with van der Waals surface area (Å²) in [6.45, 7) is 1.61. The molecule has 0 saturated heterocycles. The minimum absolute atomic E-state index is 0.0972. The second-order valence-electron chi connectivity index (χ2n) is 4.84. The van der Waals surface area contributed by atoms with E-state index in [9.17, 15) is 9.59 Å². The smallest absolute Gasteiger partial charge is 0.310 e. The Bertz CT molecular complexity index is 695. The summed E-state index contributed by atoms with van der Waals surface area (Å²) in [5, 5.41) is 15.1. The molecule has 2 aromatic rings. The standard InChI is InChI=1S/C16H14O3.CH5N3/c1-11(16(18)19)13-8-5-9-14(10-13)15(17)12-6-3-2-4-7-12;2-1(3)4/h2-11H,1H3,(H,18,19);(H5,2,3,4). The third-order valence-corrected chi connectivity index (χ3v) is 3.06. The number of carboxylic acids is 1. The lowest BCUT2D eigenvalue weighted by molar-refractivity contribution is -0.138. The van der Waals surface area contributed by atoms with Gasteiger partial charge in [-0.15, -0.1) is 0 Å². The van der Waals surface area contributed by atoms with E-state index in [2.05, 4.69) is 11.5 Å². The van der Waals surface area contributed by atoms with Crippen molar-refractivity contribution in [2.75, 3.05) is 0 Å².